The minimum Gasteiger partial charge on any atom is -0.454 e. The highest BCUT2D eigenvalue weighted by molar-refractivity contribution is 6.05. The molecule has 0 spiro atoms. The molecule has 2 N–H and O–H groups in total. The van der Waals surface area contributed by atoms with Gasteiger partial charge in [-0.25, -0.2) is 4.39 Å². The van der Waals surface area contributed by atoms with Crippen LogP contribution in [0.3, 0.4) is 0 Å². The molecule has 0 saturated carbocycles. The third kappa shape index (κ3) is 6.80. The van der Waals surface area contributed by atoms with Crippen LogP contribution in [0.5, 0.6) is 0 Å². The summed E-state index contributed by atoms with van der Waals surface area (Å²) >= 11 is 0. The number of nitrogens with one attached hydrogen (secondary N) is 2. The zero-order valence-electron chi connectivity index (χ0n) is 17.0. The number of rotatable bonds is 6. The number of imide groups is 1. The molecule has 158 valence electrons. The summed E-state index contributed by atoms with van der Waals surface area (Å²) in [6.07, 6.45) is 0. The number of ether oxygens (including phenoxy) is 1. The fourth-order valence-corrected chi connectivity index (χ4v) is 2.44. The molecule has 0 heterocycles. The lowest BCUT2D eigenvalue weighted by Crippen LogP contribution is -2.36. The van der Waals surface area contributed by atoms with Crippen LogP contribution in [0.1, 0.15) is 47.1 Å². The summed E-state index contributed by atoms with van der Waals surface area (Å²) in [4.78, 5) is 47.4. The summed E-state index contributed by atoms with van der Waals surface area (Å²) in [5.74, 6) is -3.54. The fourth-order valence-electron chi connectivity index (χ4n) is 2.44. The number of benzene rings is 2. The highest BCUT2D eigenvalue weighted by Gasteiger charge is 2.16. The first-order chi connectivity index (χ1) is 14.1. The van der Waals surface area contributed by atoms with E-state index in [1.165, 1.54) is 18.2 Å². The highest BCUT2D eigenvalue weighted by Crippen LogP contribution is 2.22. The normalized spacial score (nSPS) is 10.8. The van der Waals surface area contributed by atoms with Crippen molar-refractivity contribution in [3.63, 3.8) is 0 Å². The Bertz CT molecular complexity index is 949. The van der Waals surface area contributed by atoms with Crippen LogP contribution < -0.4 is 10.6 Å². The van der Waals surface area contributed by atoms with E-state index in [-0.39, 0.29) is 11.0 Å². The molecular weight excluding hydrogens is 391 g/mol. The van der Waals surface area contributed by atoms with Crippen molar-refractivity contribution < 1.29 is 28.3 Å². The van der Waals surface area contributed by atoms with Crippen molar-refractivity contribution in [2.45, 2.75) is 26.2 Å². The number of halogens is 1. The van der Waals surface area contributed by atoms with Gasteiger partial charge in [0.25, 0.3) is 17.7 Å². The maximum Gasteiger partial charge on any atom is 0.325 e. The Labute approximate surface area is 173 Å². The van der Waals surface area contributed by atoms with Gasteiger partial charge in [-0.2, -0.15) is 0 Å². The van der Waals surface area contributed by atoms with Crippen molar-refractivity contribution in [3.8, 4) is 0 Å². The van der Waals surface area contributed by atoms with Crippen molar-refractivity contribution in [2.24, 2.45) is 0 Å². The molecule has 2 aromatic carbocycles. The Balaban J connectivity index is 1.76. The Morgan fingerprint density at radius 2 is 1.60 bits per heavy atom. The number of amides is 3. The van der Waals surface area contributed by atoms with E-state index in [0.717, 1.165) is 11.6 Å². The third-order valence-corrected chi connectivity index (χ3v) is 4.11. The number of hydrogen-bond donors (Lipinski definition) is 2. The highest BCUT2D eigenvalue weighted by atomic mass is 19.1. The Morgan fingerprint density at radius 1 is 0.933 bits per heavy atom. The fraction of sp³-hybridized carbons (Fsp3) is 0.273. The molecule has 3 amide bonds. The third-order valence-electron chi connectivity index (χ3n) is 4.11. The lowest BCUT2D eigenvalue weighted by molar-refractivity contribution is -0.147. The van der Waals surface area contributed by atoms with Crippen LogP contribution in [-0.2, 0) is 19.7 Å². The lowest BCUT2D eigenvalue weighted by atomic mass is 9.87. The quantitative estimate of drug-likeness (QED) is 0.707. The van der Waals surface area contributed by atoms with E-state index in [9.17, 15) is 23.6 Å². The zero-order chi connectivity index (χ0) is 22.3. The topological polar surface area (TPSA) is 102 Å². The van der Waals surface area contributed by atoms with Gasteiger partial charge in [-0.1, -0.05) is 39.0 Å². The molecular formula is C22H23FN2O5. The molecule has 0 bridgehead atoms. The summed E-state index contributed by atoms with van der Waals surface area (Å²) in [6, 6.07) is 11.8. The standard InChI is InChI=1S/C22H23FN2O5/c1-22(2,3)16-9-7-14(8-10-16)21(29)25-18(26)13-30-19(27)12-24-20(28)15-5-4-6-17(23)11-15/h4-11H,12-13H2,1-3H3,(H,24,28)(H,25,26,29). The molecule has 30 heavy (non-hydrogen) atoms. The van der Waals surface area contributed by atoms with Crippen LogP contribution in [0.2, 0.25) is 0 Å². The van der Waals surface area contributed by atoms with Gasteiger partial charge < -0.3 is 10.1 Å². The van der Waals surface area contributed by atoms with Crippen molar-refractivity contribution >= 4 is 23.7 Å². The number of hydrogen-bond acceptors (Lipinski definition) is 5. The van der Waals surface area contributed by atoms with E-state index in [4.69, 9.17) is 4.74 Å². The Kier molecular flexibility index (Phi) is 7.41. The van der Waals surface area contributed by atoms with E-state index in [0.29, 0.717) is 5.56 Å². The summed E-state index contributed by atoms with van der Waals surface area (Å²) in [5, 5.41) is 4.38. The summed E-state index contributed by atoms with van der Waals surface area (Å²) in [5.41, 5.74) is 1.32. The maximum atomic E-state index is 13.1. The Morgan fingerprint density at radius 3 is 2.20 bits per heavy atom. The van der Waals surface area contributed by atoms with Gasteiger partial charge in [-0.3, -0.25) is 24.5 Å². The minimum atomic E-state index is -0.878. The predicted molar refractivity (Wildman–Crippen MR) is 107 cm³/mol. The van der Waals surface area contributed by atoms with Gasteiger partial charge in [-0.05, 0) is 41.3 Å². The number of esters is 1. The second-order valence-electron chi connectivity index (χ2n) is 7.56. The molecule has 0 aliphatic carbocycles. The largest absolute Gasteiger partial charge is 0.454 e. The van der Waals surface area contributed by atoms with E-state index < -0.39 is 42.7 Å². The van der Waals surface area contributed by atoms with Crippen LogP contribution in [0.25, 0.3) is 0 Å². The molecule has 8 heteroatoms. The van der Waals surface area contributed by atoms with Gasteiger partial charge in [-0.15, -0.1) is 0 Å². The number of carbonyl (C=O) groups is 4. The van der Waals surface area contributed by atoms with Crippen LogP contribution >= 0.6 is 0 Å². The summed E-state index contributed by atoms with van der Waals surface area (Å²) < 4.78 is 17.8. The van der Waals surface area contributed by atoms with E-state index in [2.05, 4.69) is 10.6 Å². The van der Waals surface area contributed by atoms with Crippen molar-refractivity contribution in [2.75, 3.05) is 13.2 Å². The first kappa shape index (κ1) is 22.7. The molecule has 0 radical (unpaired) electrons. The molecule has 0 saturated heterocycles. The molecule has 0 unspecified atom stereocenters. The summed E-state index contributed by atoms with van der Waals surface area (Å²) in [6.45, 7) is 4.94. The molecule has 0 atom stereocenters. The van der Waals surface area contributed by atoms with Gasteiger partial charge in [0.15, 0.2) is 6.61 Å². The monoisotopic (exact) mass is 414 g/mol. The molecule has 0 aromatic heterocycles. The number of carbonyl (C=O) groups excluding carboxylic acids is 4. The maximum absolute atomic E-state index is 13.1. The molecule has 2 rings (SSSR count). The molecule has 7 nitrogen and oxygen atoms in total. The van der Waals surface area contributed by atoms with Crippen molar-refractivity contribution in [1.82, 2.24) is 10.6 Å². The van der Waals surface area contributed by atoms with Gasteiger partial charge in [0.1, 0.15) is 12.4 Å². The van der Waals surface area contributed by atoms with Gasteiger partial charge in [0.05, 0.1) is 0 Å². The van der Waals surface area contributed by atoms with Gasteiger partial charge >= 0.3 is 5.97 Å². The Hall–Kier alpha value is -3.55. The molecule has 0 aliphatic rings. The van der Waals surface area contributed by atoms with Crippen LogP contribution in [0.4, 0.5) is 4.39 Å². The van der Waals surface area contributed by atoms with E-state index >= 15 is 0 Å². The second kappa shape index (κ2) is 9.78. The minimum absolute atomic E-state index is 0.0450. The molecule has 2 aromatic rings. The predicted octanol–water partition coefficient (Wildman–Crippen LogP) is 2.35. The molecule has 0 aliphatic heterocycles. The van der Waals surface area contributed by atoms with Crippen molar-refractivity contribution in [3.05, 3.63) is 71.0 Å². The van der Waals surface area contributed by atoms with Crippen molar-refractivity contribution in [1.29, 1.82) is 0 Å². The zero-order valence-corrected chi connectivity index (χ0v) is 17.0. The molecule has 0 fully saturated rings. The van der Waals surface area contributed by atoms with E-state index in [1.54, 1.807) is 24.3 Å². The summed E-state index contributed by atoms with van der Waals surface area (Å²) in [7, 11) is 0. The first-order valence-corrected chi connectivity index (χ1v) is 9.20. The van der Waals surface area contributed by atoms with Crippen LogP contribution in [-0.4, -0.2) is 36.8 Å². The second-order valence-corrected chi connectivity index (χ2v) is 7.56. The van der Waals surface area contributed by atoms with Gasteiger partial charge in [0, 0.05) is 11.1 Å². The average molecular weight is 414 g/mol. The van der Waals surface area contributed by atoms with E-state index in [1.807, 2.05) is 20.8 Å². The van der Waals surface area contributed by atoms with Crippen LogP contribution in [0.15, 0.2) is 48.5 Å². The smallest absolute Gasteiger partial charge is 0.325 e. The first-order valence-electron chi connectivity index (χ1n) is 9.20. The van der Waals surface area contributed by atoms with Crippen LogP contribution in [0, 0.1) is 5.82 Å². The average Bonchev–Trinajstić information content (AvgIpc) is 2.69. The lowest BCUT2D eigenvalue weighted by Gasteiger charge is -2.19. The van der Waals surface area contributed by atoms with Gasteiger partial charge in [0.2, 0.25) is 0 Å². The SMILES string of the molecule is CC(C)(C)c1ccc(C(=O)NC(=O)COC(=O)CNC(=O)c2cccc(F)c2)cc1.